The number of amides is 1. The molecular formula is C18H22N2O3. The summed E-state index contributed by atoms with van der Waals surface area (Å²) in [4.78, 5) is 26.8. The molecule has 0 fully saturated rings. The summed E-state index contributed by atoms with van der Waals surface area (Å²) in [7, 11) is 1.43. The van der Waals surface area contributed by atoms with Crippen LogP contribution in [0.1, 0.15) is 54.2 Å². The number of rotatable bonds is 5. The molecule has 0 saturated heterocycles. The van der Waals surface area contributed by atoms with Gasteiger partial charge in [-0.1, -0.05) is 38.1 Å². The molecule has 0 unspecified atom stereocenters. The van der Waals surface area contributed by atoms with E-state index in [1.807, 2.05) is 19.1 Å². The highest BCUT2D eigenvalue weighted by Gasteiger charge is 2.19. The molecule has 5 heteroatoms. The zero-order chi connectivity index (χ0) is 17.0. The van der Waals surface area contributed by atoms with Crippen LogP contribution < -0.4 is 15.6 Å². The Hall–Kier alpha value is -2.56. The first-order valence-corrected chi connectivity index (χ1v) is 7.60. The number of benzene rings is 1. The van der Waals surface area contributed by atoms with E-state index in [0.717, 1.165) is 5.56 Å². The van der Waals surface area contributed by atoms with Crippen LogP contribution in [0.15, 0.2) is 41.3 Å². The molecule has 0 radical (unpaired) electrons. The number of methoxy groups -OCH3 is 1. The van der Waals surface area contributed by atoms with Gasteiger partial charge in [-0.2, -0.15) is 0 Å². The first-order chi connectivity index (χ1) is 10.9. The minimum atomic E-state index is -0.468. The van der Waals surface area contributed by atoms with Crippen molar-refractivity contribution >= 4 is 5.91 Å². The minimum Gasteiger partial charge on any atom is -0.496 e. The fourth-order valence-electron chi connectivity index (χ4n) is 2.37. The standard InChI is InChI=1S/C18H22N2O3/c1-11(2)13-5-7-14(8-6-13)12(3)20-18(22)16-15(23-4)9-10-19-17(16)21/h5-12H,1-4H3,(H,19,21)(H,20,22)/t12-/m1/s1. The number of H-pyrrole nitrogens is 1. The molecule has 2 aromatic rings. The molecule has 1 aromatic carbocycles. The van der Waals surface area contributed by atoms with E-state index in [2.05, 4.69) is 36.3 Å². The molecule has 1 heterocycles. The topological polar surface area (TPSA) is 71.2 Å². The summed E-state index contributed by atoms with van der Waals surface area (Å²) >= 11 is 0. The highest BCUT2D eigenvalue weighted by molar-refractivity contribution is 5.96. The van der Waals surface area contributed by atoms with Gasteiger partial charge in [0.25, 0.3) is 11.5 Å². The van der Waals surface area contributed by atoms with Crippen molar-refractivity contribution in [2.45, 2.75) is 32.7 Å². The summed E-state index contributed by atoms with van der Waals surface area (Å²) in [5.74, 6) is 0.263. The van der Waals surface area contributed by atoms with E-state index in [0.29, 0.717) is 5.92 Å². The van der Waals surface area contributed by atoms with Crippen LogP contribution in [-0.4, -0.2) is 18.0 Å². The Morgan fingerprint density at radius 3 is 2.26 bits per heavy atom. The summed E-state index contributed by atoms with van der Waals surface area (Å²) < 4.78 is 5.10. The second-order valence-corrected chi connectivity index (χ2v) is 5.77. The zero-order valence-corrected chi connectivity index (χ0v) is 13.8. The lowest BCUT2D eigenvalue weighted by Crippen LogP contribution is -2.32. The van der Waals surface area contributed by atoms with Crippen LogP contribution in [0.2, 0.25) is 0 Å². The van der Waals surface area contributed by atoms with Crippen molar-refractivity contribution in [2.24, 2.45) is 0 Å². The van der Waals surface area contributed by atoms with Crippen LogP contribution in [0.4, 0.5) is 0 Å². The highest BCUT2D eigenvalue weighted by Crippen LogP contribution is 2.19. The summed E-state index contributed by atoms with van der Waals surface area (Å²) in [5.41, 5.74) is 1.74. The normalized spacial score (nSPS) is 12.0. The van der Waals surface area contributed by atoms with Crippen LogP contribution in [0.5, 0.6) is 5.75 Å². The molecule has 23 heavy (non-hydrogen) atoms. The highest BCUT2D eigenvalue weighted by atomic mass is 16.5. The molecule has 0 aliphatic carbocycles. The number of hydrogen-bond acceptors (Lipinski definition) is 3. The van der Waals surface area contributed by atoms with Crippen LogP contribution >= 0.6 is 0 Å². The number of carbonyl (C=O) groups excluding carboxylic acids is 1. The van der Waals surface area contributed by atoms with Crippen molar-refractivity contribution in [1.29, 1.82) is 0 Å². The molecule has 2 N–H and O–H groups in total. The van der Waals surface area contributed by atoms with Crippen LogP contribution in [0.3, 0.4) is 0 Å². The Labute approximate surface area is 135 Å². The maximum Gasteiger partial charge on any atom is 0.264 e. The van der Waals surface area contributed by atoms with Crippen molar-refractivity contribution in [3.8, 4) is 5.75 Å². The molecule has 0 bridgehead atoms. The summed E-state index contributed by atoms with van der Waals surface area (Å²) in [5, 5.41) is 2.84. The average molecular weight is 314 g/mol. The van der Waals surface area contributed by atoms with E-state index >= 15 is 0 Å². The summed E-state index contributed by atoms with van der Waals surface area (Å²) in [6.07, 6.45) is 1.45. The summed E-state index contributed by atoms with van der Waals surface area (Å²) in [6, 6.07) is 9.43. The summed E-state index contributed by atoms with van der Waals surface area (Å²) in [6.45, 7) is 6.15. The maximum atomic E-state index is 12.4. The number of aromatic amines is 1. The number of carbonyl (C=O) groups is 1. The lowest BCUT2D eigenvalue weighted by Gasteiger charge is -2.16. The van der Waals surface area contributed by atoms with Gasteiger partial charge in [0.05, 0.1) is 13.2 Å². The Bertz CT molecular complexity index is 733. The van der Waals surface area contributed by atoms with E-state index in [1.54, 1.807) is 6.07 Å². The van der Waals surface area contributed by atoms with Crippen molar-refractivity contribution < 1.29 is 9.53 Å². The number of aromatic nitrogens is 1. The lowest BCUT2D eigenvalue weighted by molar-refractivity contribution is 0.0935. The fourth-order valence-corrected chi connectivity index (χ4v) is 2.37. The molecule has 0 saturated carbocycles. The number of ether oxygens (including phenoxy) is 1. The number of pyridine rings is 1. The monoisotopic (exact) mass is 314 g/mol. The van der Waals surface area contributed by atoms with E-state index in [9.17, 15) is 9.59 Å². The SMILES string of the molecule is COc1cc[nH]c(=O)c1C(=O)N[C@H](C)c1ccc(C(C)C)cc1. The predicted octanol–water partition coefficient (Wildman–Crippen LogP) is 3.00. The van der Waals surface area contributed by atoms with Crippen LogP contribution in [0, 0.1) is 0 Å². The average Bonchev–Trinajstić information content (AvgIpc) is 2.54. The first-order valence-electron chi connectivity index (χ1n) is 7.60. The van der Waals surface area contributed by atoms with Crippen molar-refractivity contribution in [2.75, 3.05) is 7.11 Å². The van der Waals surface area contributed by atoms with Crippen molar-refractivity contribution in [3.63, 3.8) is 0 Å². The molecule has 122 valence electrons. The Balaban J connectivity index is 2.18. The third-order valence-corrected chi connectivity index (χ3v) is 3.82. The van der Waals surface area contributed by atoms with Gasteiger partial charge in [-0.05, 0) is 30.0 Å². The number of hydrogen-bond donors (Lipinski definition) is 2. The Kier molecular flexibility index (Phi) is 5.21. The van der Waals surface area contributed by atoms with Gasteiger partial charge in [-0.15, -0.1) is 0 Å². The van der Waals surface area contributed by atoms with Crippen molar-refractivity contribution in [3.05, 3.63) is 63.6 Å². The van der Waals surface area contributed by atoms with Crippen LogP contribution in [0.25, 0.3) is 0 Å². The van der Waals surface area contributed by atoms with E-state index in [-0.39, 0.29) is 17.4 Å². The van der Waals surface area contributed by atoms with Gasteiger partial charge >= 0.3 is 0 Å². The van der Waals surface area contributed by atoms with Gasteiger partial charge in [0.15, 0.2) is 0 Å². The molecule has 0 aliphatic rings. The van der Waals surface area contributed by atoms with Crippen LogP contribution in [-0.2, 0) is 0 Å². The smallest absolute Gasteiger partial charge is 0.264 e. The molecule has 5 nitrogen and oxygen atoms in total. The molecule has 2 rings (SSSR count). The largest absolute Gasteiger partial charge is 0.496 e. The van der Waals surface area contributed by atoms with Gasteiger partial charge in [-0.25, -0.2) is 0 Å². The van der Waals surface area contributed by atoms with Gasteiger partial charge < -0.3 is 15.0 Å². The maximum absolute atomic E-state index is 12.4. The van der Waals surface area contributed by atoms with Gasteiger partial charge in [0.1, 0.15) is 11.3 Å². The van der Waals surface area contributed by atoms with Gasteiger partial charge in [-0.3, -0.25) is 9.59 Å². The molecule has 1 atom stereocenters. The second-order valence-electron chi connectivity index (χ2n) is 5.77. The molecule has 1 amide bonds. The molecule has 1 aromatic heterocycles. The molecule has 0 spiro atoms. The van der Waals surface area contributed by atoms with E-state index < -0.39 is 11.5 Å². The Morgan fingerprint density at radius 1 is 1.09 bits per heavy atom. The van der Waals surface area contributed by atoms with Gasteiger partial charge in [0, 0.05) is 6.20 Å². The van der Waals surface area contributed by atoms with E-state index in [1.165, 1.54) is 18.9 Å². The third-order valence-electron chi connectivity index (χ3n) is 3.82. The van der Waals surface area contributed by atoms with Gasteiger partial charge in [0.2, 0.25) is 0 Å². The molecule has 0 aliphatic heterocycles. The predicted molar refractivity (Wildman–Crippen MR) is 90.0 cm³/mol. The first kappa shape index (κ1) is 16.8. The quantitative estimate of drug-likeness (QED) is 0.891. The third kappa shape index (κ3) is 3.80. The second kappa shape index (κ2) is 7.13. The lowest BCUT2D eigenvalue weighted by atomic mass is 9.99. The Morgan fingerprint density at radius 2 is 1.70 bits per heavy atom. The number of nitrogens with one attached hydrogen (secondary N) is 2. The van der Waals surface area contributed by atoms with Crippen molar-refractivity contribution in [1.82, 2.24) is 10.3 Å². The minimum absolute atomic E-state index is 0.0133. The van der Waals surface area contributed by atoms with E-state index in [4.69, 9.17) is 4.74 Å². The fraction of sp³-hybridized carbons (Fsp3) is 0.333. The zero-order valence-electron chi connectivity index (χ0n) is 13.8. The molecular weight excluding hydrogens is 292 g/mol.